The largest absolute Gasteiger partial charge is 0.348 e. The van der Waals surface area contributed by atoms with E-state index in [0.717, 1.165) is 10.8 Å². The minimum atomic E-state index is -0.588. The van der Waals surface area contributed by atoms with E-state index in [4.69, 9.17) is 4.84 Å². The van der Waals surface area contributed by atoms with Gasteiger partial charge >= 0.3 is 5.97 Å². The number of carbonyl (C=O) groups is 3. The number of hydrogen-bond donors (Lipinski definition) is 0. The Labute approximate surface area is 154 Å². The van der Waals surface area contributed by atoms with E-state index in [2.05, 4.69) is 9.88 Å². The van der Waals surface area contributed by atoms with Crippen LogP contribution in [0.25, 0.3) is 0 Å². The van der Waals surface area contributed by atoms with Gasteiger partial charge in [0, 0.05) is 18.5 Å². The van der Waals surface area contributed by atoms with Gasteiger partial charge in [0.25, 0.3) is 11.8 Å². The van der Waals surface area contributed by atoms with Crippen molar-refractivity contribution in [3.63, 3.8) is 0 Å². The number of benzene rings is 1. The summed E-state index contributed by atoms with van der Waals surface area (Å²) in [6.45, 7) is 3.33. The molecule has 1 aromatic carbocycles. The number of piperidine rings is 1. The summed E-state index contributed by atoms with van der Waals surface area (Å²) in [7, 11) is 0. The fourth-order valence-corrected chi connectivity index (χ4v) is 4.06. The molecule has 1 saturated heterocycles. The maximum atomic E-state index is 12.4. The zero-order valence-electron chi connectivity index (χ0n) is 14.2. The van der Waals surface area contributed by atoms with Gasteiger partial charge in [-0.25, -0.2) is 9.78 Å². The number of aromatic nitrogens is 1. The smallest absolute Gasteiger partial charge is 0.336 e. The number of anilines is 1. The molecule has 0 atom stereocenters. The normalized spacial score (nSPS) is 17.6. The molecule has 3 heterocycles. The van der Waals surface area contributed by atoms with Gasteiger partial charge in [0.2, 0.25) is 0 Å². The lowest BCUT2D eigenvalue weighted by molar-refractivity contribution is -0.174. The monoisotopic (exact) mass is 371 g/mol. The maximum Gasteiger partial charge on any atom is 0.336 e. The highest BCUT2D eigenvalue weighted by molar-refractivity contribution is 7.13. The van der Waals surface area contributed by atoms with Gasteiger partial charge in [0.15, 0.2) is 5.13 Å². The van der Waals surface area contributed by atoms with Crippen molar-refractivity contribution in [1.29, 1.82) is 0 Å². The fraction of sp³-hybridized carbons (Fsp3) is 0.333. The molecule has 0 saturated carbocycles. The number of amides is 2. The molecule has 134 valence electrons. The highest BCUT2D eigenvalue weighted by atomic mass is 32.1. The Balaban J connectivity index is 1.38. The van der Waals surface area contributed by atoms with E-state index in [1.165, 1.54) is 0 Å². The molecule has 1 aromatic heterocycles. The van der Waals surface area contributed by atoms with E-state index in [0.29, 0.717) is 31.0 Å². The van der Waals surface area contributed by atoms with E-state index >= 15 is 0 Å². The molecule has 1 fully saturated rings. The second-order valence-corrected chi connectivity index (χ2v) is 7.23. The number of imide groups is 1. The van der Waals surface area contributed by atoms with Crippen molar-refractivity contribution in [1.82, 2.24) is 10.0 Å². The Kier molecular flexibility index (Phi) is 4.20. The minimum absolute atomic E-state index is 0.263. The van der Waals surface area contributed by atoms with Crippen molar-refractivity contribution in [3.8, 4) is 0 Å². The van der Waals surface area contributed by atoms with E-state index in [-0.39, 0.29) is 17.0 Å². The van der Waals surface area contributed by atoms with Crippen molar-refractivity contribution in [2.24, 2.45) is 5.92 Å². The minimum Gasteiger partial charge on any atom is -0.348 e. The van der Waals surface area contributed by atoms with Gasteiger partial charge in [-0.3, -0.25) is 9.59 Å². The molecule has 2 aliphatic rings. The average Bonchev–Trinajstić information content (AvgIpc) is 3.20. The maximum absolute atomic E-state index is 12.4. The Bertz CT molecular complexity index is 851. The predicted octanol–water partition coefficient (Wildman–Crippen LogP) is 2.42. The summed E-state index contributed by atoms with van der Waals surface area (Å²) in [6.07, 6.45) is 1.20. The van der Waals surface area contributed by atoms with Crippen LogP contribution >= 0.6 is 11.3 Å². The van der Waals surface area contributed by atoms with Crippen LogP contribution in [0.3, 0.4) is 0 Å². The average molecular weight is 371 g/mol. The van der Waals surface area contributed by atoms with Crippen LogP contribution in [-0.4, -0.2) is 40.9 Å². The highest BCUT2D eigenvalue weighted by Gasteiger charge is 2.40. The summed E-state index contributed by atoms with van der Waals surface area (Å²) < 4.78 is 0. The lowest BCUT2D eigenvalue weighted by Gasteiger charge is -2.30. The van der Waals surface area contributed by atoms with Crippen LogP contribution < -0.4 is 4.90 Å². The molecule has 2 aliphatic heterocycles. The Morgan fingerprint density at radius 1 is 1.15 bits per heavy atom. The van der Waals surface area contributed by atoms with E-state index in [9.17, 15) is 14.4 Å². The molecule has 7 nitrogen and oxygen atoms in total. The van der Waals surface area contributed by atoms with Crippen LogP contribution in [-0.2, 0) is 9.63 Å². The number of hydroxylamine groups is 2. The third-order valence-corrected chi connectivity index (χ3v) is 5.66. The van der Waals surface area contributed by atoms with Crippen LogP contribution in [0.15, 0.2) is 29.6 Å². The van der Waals surface area contributed by atoms with Crippen LogP contribution in [0.1, 0.15) is 39.3 Å². The number of carbonyl (C=O) groups excluding carboxylic acids is 3. The molecule has 0 spiro atoms. The second kappa shape index (κ2) is 6.53. The molecule has 2 amide bonds. The molecule has 0 radical (unpaired) electrons. The van der Waals surface area contributed by atoms with Crippen molar-refractivity contribution in [3.05, 3.63) is 46.5 Å². The summed E-state index contributed by atoms with van der Waals surface area (Å²) in [5.41, 5.74) is 1.51. The first-order chi connectivity index (χ1) is 12.5. The van der Waals surface area contributed by atoms with Crippen molar-refractivity contribution in [2.75, 3.05) is 18.0 Å². The number of nitrogens with zero attached hydrogens (tertiary/aromatic N) is 3. The van der Waals surface area contributed by atoms with Crippen LogP contribution in [0, 0.1) is 12.8 Å². The number of fused-ring (bicyclic) bond motifs is 1. The lowest BCUT2D eigenvalue weighted by atomic mass is 9.97. The Morgan fingerprint density at radius 2 is 1.77 bits per heavy atom. The zero-order chi connectivity index (χ0) is 18.3. The van der Waals surface area contributed by atoms with Gasteiger partial charge in [-0.15, -0.1) is 11.3 Å². The van der Waals surface area contributed by atoms with Gasteiger partial charge in [-0.1, -0.05) is 17.2 Å². The standard InChI is InChI=1S/C18H17N3O4S/c1-11-10-26-18(19-11)20-8-6-12(7-9-20)17(24)25-21-15(22)13-4-2-3-5-14(13)16(21)23/h2-5,10,12H,6-9H2,1H3. The quantitative estimate of drug-likeness (QED) is 0.771. The summed E-state index contributed by atoms with van der Waals surface area (Å²) in [5.74, 6) is -2.05. The molecule has 0 N–H and O–H groups in total. The van der Waals surface area contributed by atoms with E-state index < -0.39 is 17.8 Å². The summed E-state index contributed by atoms with van der Waals surface area (Å²) in [5, 5.41) is 3.54. The first-order valence-electron chi connectivity index (χ1n) is 8.41. The highest BCUT2D eigenvalue weighted by Crippen LogP contribution is 2.28. The van der Waals surface area contributed by atoms with Crippen molar-refractivity contribution >= 4 is 34.3 Å². The van der Waals surface area contributed by atoms with Crippen LogP contribution in [0.5, 0.6) is 0 Å². The molecule has 0 unspecified atom stereocenters. The summed E-state index contributed by atoms with van der Waals surface area (Å²) in [4.78, 5) is 48.8. The number of hydrogen-bond acceptors (Lipinski definition) is 7. The van der Waals surface area contributed by atoms with Gasteiger partial charge in [-0.05, 0) is 31.9 Å². The third kappa shape index (κ3) is 2.86. The molecule has 8 heteroatoms. The molecular weight excluding hydrogens is 354 g/mol. The van der Waals surface area contributed by atoms with Gasteiger partial charge in [0.1, 0.15) is 0 Å². The van der Waals surface area contributed by atoms with Gasteiger partial charge < -0.3 is 9.74 Å². The van der Waals surface area contributed by atoms with Crippen LogP contribution in [0.2, 0.25) is 0 Å². The molecule has 4 rings (SSSR count). The second-order valence-electron chi connectivity index (χ2n) is 6.39. The lowest BCUT2D eigenvalue weighted by Crippen LogP contribution is -2.40. The SMILES string of the molecule is Cc1csc(N2CCC(C(=O)ON3C(=O)c4ccccc4C3=O)CC2)n1. The number of aryl methyl sites for hydroxylation is 1. The molecule has 26 heavy (non-hydrogen) atoms. The molecule has 0 bridgehead atoms. The van der Waals surface area contributed by atoms with Crippen molar-refractivity contribution < 1.29 is 19.2 Å². The van der Waals surface area contributed by atoms with Crippen LogP contribution in [0.4, 0.5) is 5.13 Å². The topological polar surface area (TPSA) is 79.8 Å². The van der Waals surface area contributed by atoms with E-state index in [1.807, 2.05) is 12.3 Å². The van der Waals surface area contributed by atoms with Gasteiger partial charge in [-0.2, -0.15) is 0 Å². The van der Waals surface area contributed by atoms with E-state index in [1.54, 1.807) is 35.6 Å². The summed E-state index contributed by atoms with van der Waals surface area (Å²) in [6, 6.07) is 6.45. The van der Waals surface area contributed by atoms with Gasteiger partial charge in [0.05, 0.1) is 22.7 Å². The molecule has 0 aliphatic carbocycles. The first kappa shape index (κ1) is 16.7. The zero-order valence-corrected chi connectivity index (χ0v) is 15.0. The first-order valence-corrected chi connectivity index (χ1v) is 9.29. The fourth-order valence-electron chi connectivity index (χ4n) is 3.21. The molecular formula is C18H17N3O4S. The third-order valence-electron chi connectivity index (χ3n) is 4.64. The van der Waals surface area contributed by atoms with Crippen molar-refractivity contribution in [2.45, 2.75) is 19.8 Å². The Hall–Kier alpha value is -2.74. The number of thiazole rings is 1. The number of rotatable bonds is 3. The predicted molar refractivity (Wildman–Crippen MR) is 94.8 cm³/mol. The molecule has 2 aromatic rings. The summed E-state index contributed by atoms with van der Waals surface area (Å²) >= 11 is 1.59. The Morgan fingerprint density at radius 3 is 2.31 bits per heavy atom.